The van der Waals surface area contributed by atoms with Gasteiger partial charge in [-0.05, 0) is 12.8 Å². The average molecular weight is 214 g/mol. The van der Waals surface area contributed by atoms with Crippen molar-refractivity contribution in [3.8, 4) is 0 Å². The third-order valence-corrected chi connectivity index (χ3v) is 2.86. The van der Waals surface area contributed by atoms with E-state index >= 15 is 0 Å². The van der Waals surface area contributed by atoms with Crippen molar-refractivity contribution in [2.75, 3.05) is 32.8 Å². The highest BCUT2D eigenvalue weighted by Gasteiger charge is 2.29. The number of aliphatic carboxylic acids is 1. The van der Waals surface area contributed by atoms with Crippen LogP contribution in [0.3, 0.4) is 0 Å². The van der Waals surface area contributed by atoms with Gasteiger partial charge in [-0.25, -0.2) is 0 Å². The minimum absolute atomic E-state index is 0.421. The van der Waals surface area contributed by atoms with Crippen LogP contribution >= 0.6 is 0 Å². The van der Waals surface area contributed by atoms with E-state index in [1.165, 1.54) is 0 Å². The van der Waals surface area contributed by atoms with Crippen molar-refractivity contribution >= 4 is 5.97 Å². The lowest BCUT2D eigenvalue weighted by Gasteiger charge is -2.29. The first kappa shape index (κ1) is 10.9. The van der Waals surface area contributed by atoms with Gasteiger partial charge >= 0.3 is 5.97 Å². The summed E-state index contributed by atoms with van der Waals surface area (Å²) in [6, 6.07) is 0.0164. The van der Waals surface area contributed by atoms with Gasteiger partial charge in [0.2, 0.25) is 0 Å². The summed E-state index contributed by atoms with van der Waals surface area (Å²) < 4.78 is 5.23. The molecule has 0 radical (unpaired) electrons. The Bertz CT molecular complexity index is 225. The monoisotopic (exact) mass is 214 g/mol. The Labute approximate surface area is 89.4 Å². The number of hydrogen-bond acceptors (Lipinski definition) is 4. The number of nitrogens with zero attached hydrogens (tertiary/aromatic N) is 1. The van der Waals surface area contributed by atoms with Gasteiger partial charge in [0, 0.05) is 25.7 Å². The minimum Gasteiger partial charge on any atom is -0.480 e. The maximum absolute atomic E-state index is 11.0. The second kappa shape index (κ2) is 4.92. The summed E-state index contributed by atoms with van der Waals surface area (Å²) >= 11 is 0. The zero-order valence-electron chi connectivity index (χ0n) is 8.82. The molecule has 1 aliphatic heterocycles. The number of carbonyl (C=O) groups is 1. The molecule has 1 aliphatic carbocycles. The Balaban J connectivity index is 1.78. The maximum Gasteiger partial charge on any atom is 0.322 e. The highest BCUT2D eigenvalue weighted by atomic mass is 16.5. The van der Waals surface area contributed by atoms with Gasteiger partial charge in [0.25, 0.3) is 0 Å². The molecule has 2 fully saturated rings. The van der Waals surface area contributed by atoms with E-state index in [-0.39, 0.29) is 0 Å². The van der Waals surface area contributed by atoms with Crippen molar-refractivity contribution in [2.24, 2.45) is 0 Å². The predicted molar refractivity (Wildman–Crippen MR) is 54.8 cm³/mol. The molecular weight excluding hydrogens is 196 g/mol. The molecule has 0 bridgehead atoms. The summed E-state index contributed by atoms with van der Waals surface area (Å²) in [7, 11) is 0. The first-order valence-electron chi connectivity index (χ1n) is 5.54. The molecule has 5 nitrogen and oxygen atoms in total. The normalized spacial score (nSPS) is 25.1. The molecule has 0 aromatic rings. The van der Waals surface area contributed by atoms with E-state index < -0.39 is 12.0 Å². The lowest BCUT2D eigenvalue weighted by atomic mass is 10.2. The highest BCUT2D eigenvalue weighted by molar-refractivity contribution is 5.73. The number of carboxylic acid groups (broad SMARTS) is 1. The molecule has 2 rings (SSSR count). The summed E-state index contributed by atoms with van der Waals surface area (Å²) in [5, 5.41) is 12.2. The number of rotatable bonds is 5. The molecule has 1 heterocycles. The zero-order valence-corrected chi connectivity index (χ0v) is 8.82. The van der Waals surface area contributed by atoms with E-state index in [1.807, 2.05) is 0 Å². The number of carboxylic acids is 1. The van der Waals surface area contributed by atoms with Gasteiger partial charge < -0.3 is 15.2 Å². The van der Waals surface area contributed by atoms with E-state index in [0.717, 1.165) is 39.1 Å². The fourth-order valence-electron chi connectivity index (χ4n) is 1.78. The average Bonchev–Trinajstić information content (AvgIpc) is 3.02. The van der Waals surface area contributed by atoms with Crippen LogP contribution in [-0.4, -0.2) is 60.9 Å². The Morgan fingerprint density at radius 1 is 1.47 bits per heavy atom. The molecule has 2 aliphatic rings. The van der Waals surface area contributed by atoms with E-state index in [2.05, 4.69) is 10.2 Å². The Hall–Kier alpha value is -0.650. The predicted octanol–water partition coefficient (Wildman–Crippen LogP) is -0.476. The van der Waals surface area contributed by atoms with Crippen LogP contribution in [0.1, 0.15) is 12.8 Å². The molecule has 0 spiro atoms. The largest absolute Gasteiger partial charge is 0.480 e. The molecule has 1 atom stereocenters. The second-order valence-electron chi connectivity index (χ2n) is 4.24. The topological polar surface area (TPSA) is 61.8 Å². The van der Waals surface area contributed by atoms with Crippen LogP contribution in [0.5, 0.6) is 0 Å². The summed E-state index contributed by atoms with van der Waals surface area (Å²) in [5.41, 5.74) is 0. The van der Waals surface area contributed by atoms with Crippen molar-refractivity contribution in [2.45, 2.75) is 24.9 Å². The van der Waals surface area contributed by atoms with E-state index in [9.17, 15) is 4.79 Å². The maximum atomic E-state index is 11.0. The number of ether oxygens (including phenoxy) is 1. The number of nitrogens with one attached hydrogen (secondary N) is 1. The third kappa shape index (κ3) is 3.44. The lowest BCUT2D eigenvalue weighted by Crippen LogP contribution is -2.49. The molecule has 1 saturated heterocycles. The van der Waals surface area contributed by atoms with Crippen LogP contribution in [0.2, 0.25) is 0 Å². The fourth-order valence-corrected chi connectivity index (χ4v) is 1.78. The SMILES string of the molecule is O=C(O)C(CN1CCOCC1)NC1CC1. The smallest absolute Gasteiger partial charge is 0.322 e. The van der Waals surface area contributed by atoms with Crippen LogP contribution in [0, 0.1) is 0 Å². The van der Waals surface area contributed by atoms with Gasteiger partial charge in [-0.3, -0.25) is 9.69 Å². The second-order valence-corrected chi connectivity index (χ2v) is 4.24. The molecule has 1 unspecified atom stereocenters. The Kier molecular flexibility index (Phi) is 3.56. The Morgan fingerprint density at radius 3 is 2.67 bits per heavy atom. The van der Waals surface area contributed by atoms with E-state index in [1.54, 1.807) is 0 Å². The van der Waals surface area contributed by atoms with Gasteiger partial charge in [0.15, 0.2) is 0 Å². The third-order valence-electron chi connectivity index (χ3n) is 2.86. The van der Waals surface area contributed by atoms with Gasteiger partial charge in [0.05, 0.1) is 13.2 Å². The first-order chi connectivity index (χ1) is 7.25. The van der Waals surface area contributed by atoms with Gasteiger partial charge in [-0.15, -0.1) is 0 Å². The van der Waals surface area contributed by atoms with Crippen LogP contribution in [0.4, 0.5) is 0 Å². The summed E-state index contributed by atoms with van der Waals surface area (Å²) in [6.07, 6.45) is 2.24. The molecule has 0 amide bonds. The minimum atomic E-state index is -0.742. The van der Waals surface area contributed by atoms with Crippen LogP contribution in [0.25, 0.3) is 0 Å². The summed E-state index contributed by atoms with van der Waals surface area (Å²) in [5.74, 6) is -0.742. The van der Waals surface area contributed by atoms with Crippen molar-refractivity contribution in [1.82, 2.24) is 10.2 Å². The molecule has 1 saturated carbocycles. The van der Waals surface area contributed by atoms with Crippen LogP contribution in [0.15, 0.2) is 0 Å². The van der Waals surface area contributed by atoms with E-state index in [4.69, 9.17) is 9.84 Å². The first-order valence-corrected chi connectivity index (χ1v) is 5.54. The fraction of sp³-hybridized carbons (Fsp3) is 0.900. The molecule has 0 aromatic carbocycles. The summed E-state index contributed by atoms with van der Waals surface area (Å²) in [4.78, 5) is 13.2. The van der Waals surface area contributed by atoms with Crippen LogP contribution in [-0.2, 0) is 9.53 Å². The van der Waals surface area contributed by atoms with Gasteiger partial charge in [0.1, 0.15) is 6.04 Å². The molecular formula is C10H18N2O3. The van der Waals surface area contributed by atoms with Crippen molar-refractivity contribution in [3.05, 3.63) is 0 Å². The van der Waals surface area contributed by atoms with E-state index in [0.29, 0.717) is 12.6 Å². The van der Waals surface area contributed by atoms with Gasteiger partial charge in [-0.1, -0.05) is 0 Å². The van der Waals surface area contributed by atoms with Crippen molar-refractivity contribution in [1.29, 1.82) is 0 Å². The van der Waals surface area contributed by atoms with Gasteiger partial charge in [-0.2, -0.15) is 0 Å². The molecule has 0 aromatic heterocycles. The standard InChI is InChI=1S/C10H18N2O3/c13-10(14)9(11-8-1-2-8)7-12-3-5-15-6-4-12/h8-9,11H,1-7H2,(H,13,14). The number of hydrogen-bond donors (Lipinski definition) is 2. The molecule has 5 heteroatoms. The lowest BCUT2D eigenvalue weighted by molar-refractivity contribution is -0.140. The zero-order chi connectivity index (χ0) is 10.7. The summed E-state index contributed by atoms with van der Waals surface area (Å²) in [6.45, 7) is 3.72. The molecule has 15 heavy (non-hydrogen) atoms. The van der Waals surface area contributed by atoms with Crippen LogP contribution < -0.4 is 5.32 Å². The highest BCUT2D eigenvalue weighted by Crippen LogP contribution is 2.19. The van der Waals surface area contributed by atoms with Crippen molar-refractivity contribution in [3.63, 3.8) is 0 Å². The van der Waals surface area contributed by atoms with Crippen molar-refractivity contribution < 1.29 is 14.6 Å². The quantitative estimate of drug-likeness (QED) is 0.647. The molecule has 2 N–H and O–H groups in total. The Morgan fingerprint density at radius 2 is 2.13 bits per heavy atom. The number of morpholine rings is 1. The molecule has 86 valence electrons.